The molecule has 0 aliphatic heterocycles. The number of amides is 1. The normalized spacial score (nSPS) is 10.6. The van der Waals surface area contributed by atoms with Gasteiger partial charge in [0, 0.05) is 12.1 Å². The lowest BCUT2D eigenvalue weighted by atomic mass is 10.2. The number of halogens is 2. The Hall–Kier alpha value is -2.96. The van der Waals surface area contributed by atoms with E-state index in [2.05, 4.69) is 10.5 Å². The Bertz CT molecular complexity index is 797. The molecule has 3 rings (SSSR count). The van der Waals surface area contributed by atoms with Crippen LogP contribution in [0.5, 0.6) is 0 Å². The molecular weight excluding hydrogens is 294 g/mol. The number of nitrogens with one attached hydrogen (secondary N) is 1. The maximum atomic E-state index is 13.5. The summed E-state index contributed by atoms with van der Waals surface area (Å²) < 4.78 is 36.5. The first-order valence-electron chi connectivity index (χ1n) is 6.36. The predicted octanol–water partition coefficient (Wildman–Crippen LogP) is 3.14. The zero-order valence-corrected chi connectivity index (χ0v) is 11.2. The van der Waals surface area contributed by atoms with Crippen LogP contribution in [0.2, 0.25) is 0 Å². The monoisotopic (exact) mass is 304 g/mol. The van der Waals surface area contributed by atoms with Gasteiger partial charge >= 0.3 is 0 Å². The molecule has 3 aromatic rings. The summed E-state index contributed by atoms with van der Waals surface area (Å²) in [7, 11) is 0. The number of benzene rings is 1. The molecule has 112 valence electrons. The molecule has 0 saturated carbocycles. The van der Waals surface area contributed by atoms with Crippen LogP contribution in [-0.4, -0.2) is 11.1 Å². The molecule has 0 aliphatic rings. The first-order valence-corrected chi connectivity index (χ1v) is 6.36. The van der Waals surface area contributed by atoms with Crippen LogP contribution in [0, 0.1) is 11.6 Å². The van der Waals surface area contributed by atoms with Gasteiger partial charge in [-0.1, -0.05) is 5.16 Å². The molecule has 2 heterocycles. The number of hydrogen-bond acceptors (Lipinski definition) is 4. The molecule has 7 heteroatoms. The van der Waals surface area contributed by atoms with E-state index in [0.717, 1.165) is 12.1 Å². The van der Waals surface area contributed by atoms with Crippen LogP contribution in [0.1, 0.15) is 16.1 Å². The molecule has 0 atom stereocenters. The van der Waals surface area contributed by atoms with E-state index in [-0.39, 0.29) is 12.1 Å². The topological polar surface area (TPSA) is 68.3 Å². The lowest BCUT2D eigenvalue weighted by Gasteiger charge is -2.04. The number of furan rings is 1. The van der Waals surface area contributed by atoms with E-state index in [1.54, 1.807) is 18.2 Å². The summed E-state index contributed by atoms with van der Waals surface area (Å²) in [4.78, 5) is 11.8. The fourth-order valence-corrected chi connectivity index (χ4v) is 1.87. The third kappa shape index (κ3) is 2.88. The van der Waals surface area contributed by atoms with Gasteiger partial charge in [0.15, 0.2) is 5.76 Å². The van der Waals surface area contributed by atoms with Gasteiger partial charge < -0.3 is 14.3 Å². The molecule has 0 saturated heterocycles. The Morgan fingerprint density at radius 3 is 2.77 bits per heavy atom. The Balaban J connectivity index is 1.66. The van der Waals surface area contributed by atoms with Crippen LogP contribution in [0.15, 0.2) is 51.6 Å². The maximum Gasteiger partial charge on any atom is 0.254 e. The molecule has 5 nitrogen and oxygen atoms in total. The standard InChI is InChI=1S/C15H10F2N2O3/c16-9-3-4-11(12(17)6-9)15(20)18-8-10-7-14(22-19-10)13-2-1-5-21-13/h1-7H,8H2,(H,18,20). The van der Waals surface area contributed by atoms with E-state index < -0.39 is 17.5 Å². The van der Waals surface area contributed by atoms with E-state index in [1.165, 1.54) is 6.26 Å². The quantitative estimate of drug-likeness (QED) is 0.804. The van der Waals surface area contributed by atoms with Crippen LogP contribution < -0.4 is 5.32 Å². The molecule has 0 bridgehead atoms. The largest absolute Gasteiger partial charge is 0.461 e. The van der Waals surface area contributed by atoms with Gasteiger partial charge in [-0.2, -0.15) is 0 Å². The average Bonchev–Trinajstić information content (AvgIpc) is 3.16. The number of aromatic nitrogens is 1. The minimum Gasteiger partial charge on any atom is -0.461 e. The van der Waals surface area contributed by atoms with Gasteiger partial charge in [0.25, 0.3) is 5.91 Å². The second-order valence-corrected chi connectivity index (χ2v) is 4.47. The fourth-order valence-electron chi connectivity index (χ4n) is 1.87. The van der Waals surface area contributed by atoms with Crippen molar-refractivity contribution in [3.05, 3.63) is 65.6 Å². The lowest BCUT2D eigenvalue weighted by Crippen LogP contribution is -2.24. The predicted molar refractivity (Wildman–Crippen MR) is 71.7 cm³/mol. The Kier molecular flexibility index (Phi) is 3.69. The van der Waals surface area contributed by atoms with Crippen molar-refractivity contribution in [2.24, 2.45) is 0 Å². The first-order chi connectivity index (χ1) is 10.6. The molecule has 22 heavy (non-hydrogen) atoms. The van der Waals surface area contributed by atoms with E-state index >= 15 is 0 Å². The minimum absolute atomic E-state index is 0.0415. The molecule has 1 N–H and O–H groups in total. The van der Waals surface area contributed by atoms with Crippen LogP contribution in [0.3, 0.4) is 0 Å². The zero-order chi connectivity index (χ0) is 15.5. The molecule has 0 aliphatic carbocycles. The van der Waals surface area contributed by atoms with Crippen LogP contribution in [0.25, 0.3) is 11.5 Å². The zero-order valence-electron chi connectivity index (χ0n) is 11.2. The van der Waals surface area contributed by atoms with Gasteiger partial charge in [0.05, 0.1) is 18.4 Å². The van der Waals surface area contributed by atoms with Crippen molar-refractivity contribution < 1.29 is 22.5 Å². The maximum absolute atomic E-state index is 13.5. The number of carbonyl (C=O) groups is 1. The van der Waals surface area contributed by atoms with Gasteiger partial charge in [-0.25, -0.2) is 8.78 Å². The fraction of sp³-hybridized carbons (Fsp3) is 0.0667. The highest BCUT2D eigenvalue weighted by Crippen LogP contribution is 2.20. The van der Waals surface area contributed by atoms with Crippen molar-refractivity contribution in [1.29, 1.82) is 0 Å². The Morgan fingerprint density at radius 2 is 2.05 bits per heavy atom. The van der Waals surface area contributed by atoms with E-state index in [1.807, 2.05) is 0 Å². The SMILES string of the molecule is O=C(NCc1cc(-c2ccco2)on1)c1ccc(F)cc1F. The highest BCUT2D eigenvalue weighted by atomic mass is 19.1. The highest BCUT2D eigenvalue weighted by molar-refractivity contribution is 5.94. The van der Waals surface area contributed by atoms with E-state index in [0.29, 0.717) is 23.3 Å². The molecule has 0 fully saturated rings. The minimum atomic E-state index is -0.922. The summed E-state index contributed by atoms with van der Waals surface area (Å²) >= 11 is 0. The van der Waals surface area contributed by atoms with Gasteiger partial charge in [-0.05, 0) is 24.3 Å². The average molecular weight is 304 g/mol. The van der Waals surface area contributed by atoms with E-state index in [4.69, 9.17) is 8.94 Å². The lowest BCUT2D eigenvalue weighted by molar-refractivity contribution is 0.0946. The molecule has 2 aromatic heterocycles. The molecule has 1 amide bonds. The smallest absolute Gasteiger partial charge is 0.254 e. The summed E-state index contributed by atoms with van der Waals surface area (Å²) in [6.07, 6.45) is 1.50. The van der Waals surface area contributed by atoms with E-state index in [9.17, 15) is 13.6 Å². The van der Waals surface area contributed by atoms with Crippen LogP contribution >= 0.6 is 0 Å². The number of carbonyl (C=O) groups excluding carboxylic acids is 1. The second kappa shape index (κ2) is 5.80. The molecule has 0 radical (unpaired) electrons. The van der Waals surface area contributed by atoms with Gasteiger partial charge in [-0.3, -0.25) is 4.79 Å². The van der Waals surface area contributed by atoms with Crippen molar-refractivity contribution >= 4 is 5.91 Å². The van der Waals surface area contributed by atoms with Crippen molar-refractivity contribution in [1.82, 2.24) is 10.5 Å². The molecule has 0 spiro atoms. The molecular formula is C15H10F2N2O3. The first kappa shape index (κ1) is 14.0. The summed E-state index contributed by atoms with van der Waals surface area (Å²) in [5.74, 6) is -1.40. The molecule has 0 unspecified atom stereocenters. The summed E-state index contributed by atoms with van der Waals surface area (Å²) in [5.41, 5.74) is 0.207. The Labute approximate surface area is 123 Å². The summed E-state index contributed by atoms with van der Waals surface area (Å²) in [6, 6.07) is 7.76. The number of nitrogens with zero attached hydrogens (tertiary/aromatic N) is 1. The summed E-state index contributed by atoms with van der Waals surface area (Å²) in [6.45, 7) is 0.0415. The number of rotatable bonds is 4. The Morgan fingerprint density at radius 1 is 1.18 bits per heavy atom. The third-order valence-corrected chi connectivity index (χ3v) is 2.93. The second-order valence-electron chi connectivity index (χ2n) is 4.47. The van der Waals surface area contributed by atoms with Gasteiger partial charge in [0.1, 0.15) is 17.3 Å². The van der Waals surface area contributed by atoms with Crippen molar-refractivity contribution in [2.75, 3.05) is 0 Å². The van der Waals surface area contributed by atoms with Crippen LogP contribution in [-0.2, 0) is 6.54 Å². The van der Waals surface area contributed by atoms with Crippen molar-refractivity contribution in [2.45, 2.75) is 6.54 Å². The summed E-state index contributed by atoms with van der Waals surface area (Å²) in [5, 5.41) is 6.25. The van der Waals surface area contributed by atoms with Gasteiger partial charge in [-0.15, -0.1) is 0 Å². The third-order valence-electron chi connectivity index (χ3n) is 2.93. The van der Waals surface area contributed by atoms with Crippen molar-refractivity contribution in [3.63, 3.8) is 0 Å². The number of hydrogen-bond donors (Lipinski definition) is 1. The van der Waals surface area contributed by atoms with Crippen molar-refractivity contribution in [3.8, 4) is 11.5 Å². The highest BCUT2D eigenvalue weighted by Gasteiger charge is 2.14. The van der Waals surface area contributed by atoms with Gasteiger partial charge in [0.2, 0.25) is 5.76 Å². The molecule has 1 aromatic carbocycles. The van der Waals surface area contributed by atoms with Crippen LogP contribution in [0.4, 0.5) is 8.78 Å².